The van der Waals surface area contributed by atoms with E-state index < -0.39 is 0 Å². The Morgan fingerprint density at radius 1 is 1.56 bits per heavy atom. The first-order valence-corrected chi connectivity index (χ1v) is 5.90. The summed E-state index contributed by atoms with van der Waals surface area (Å²) >= 11 is 4.77. The molecule has 0 saturated heterocycles. The lowest BCUT2D eigenvalue weighted by atomic mass is 10.1. The predicted molar refractivity (Wildman–Crippen MR) is 68.3 cm³/mol. The number of halogens is 1. The van der Waals surface area contributed by atoms with Crippen LogP contribution in [-0.4, -0.2) is 17.6 Å². The molecule has 16 heavy (non-hydrogen) atoms. The fraction of sp³-hybridized carbons (Fsp3) is 0.417. The number of benzene rings is 1. The molecule has 0 aromatic heterocycles. The van der Waals surface area contributed by atoms with Crippen molar-refractivity contribution in [1.29, 1.82) is 0 Å². The van der Waals surface area contributed by atoms with Gasteiger partial charge < -0.3 is 10.6 Å². The Morgan fingerprint density at radius 3 is 2.69 bits per heavy atom. The zero-order valence-corrected chi connectivity index (χ0v) is 10.1. The third-order valence-electron chi connectivity index (χ3n) is 2.88. The summed E-state index contributed by atoms with van der Waals surface area (Å²) in [5.41, 5.74) is 6.67. The molecule has 0 spiro atoms. The average Bonchev–Trinajstić information content (AvgIpc) is 3.02. The summed E-state index contributed by atoms with van der Waals surface area (Å²) in [6.45, 7) is 2.98. The van der Waals surface area contributed by atoms with Gasteiger partial charge in [0.25, 0.3) is 0 Å². The van der Waals surface area contributed by atoms with Gasteiger partial charge in [-0.1, -0.05) is 12.2 Å². The van der Waals surface area contributed by atoms with E-state index in [2.05, 4.69) is 11.8 Å². The first-order valence-electron chi connectivity index (χ1n) is 5.49. The minimum atomic E-state index is -0.330. The van der Waals surface area contributed by atoms with E-state index >= 15 is 0 Å². The summed E-state index contributed by atoms with van der Waals surface area (Å²) in [7, 11) is 0. The Morgan fingerprint density at radius 2 is 2.25 bits per heavy atom. The number of hydrogen-bond acceptors (Lipinski definition) is 2. The molecule has 1 aromatic carbocycles. The Labute approximate surface area is 100 Å². The van der Waals surface area contributed by atoms with Crippen LogP contribution in [-0.2, 0) is 0 Å². The standard InChI is InChI=1S/C12H15FN2S/c1-2-15(8-3-4-8)9-5-6-10(12(14)16)11(13)7-9/h5-8H,2-4H2,1H3,(H2,14,16). The van der Waals surface area contributed by atoms with Crippen LogP contribution in [0.5, 0.6) is 0 Å². The fourth-order valence-electron chi connectivity index (χ4n) is 1.92. The highest BCUT2D eigenvalue weighted by molar-refractivity contribution is 7.80. The van der Waals surface area contributed by atoms with Crippen molar-refractivity contribution in [2.24, 2.45) is 5.73 Å². The van der Waals surface area contributed by atoms with E-state index in [-0.39, 0.29) is 10.8 Å². The Bertz CT molecular complexity index is 415. The first-order chi connectivity index (χ1) is 7.63. The molecule has 1 saturated carbocycles. The third kappa shape index (κ3) is 2.16. The van der Waals surface area contributed by atoms with Gasteiger partial charge in [0.2, 0.25) is 0 Å². The molecule has 0 radical (unpaired) electrons. The van der Waals surface area contributed by atoms with Crippen LogP contribution in [0, 0.1) is 5.82 Å². The van der Waals surface area contributed by atoms with Crippen LogP contribution in [0.4, 0.5) is 10.1 Å². The molecule has 0 unspecified atom stereocenters. The number of thiocarbonyl (C=S) groups is 1. The van der Waals surface area contributed by atoms with Gasteiger partial charge in [-0.25, -0.2) is 4.39 Å². The van der Waals surface area contributed by atoms with Crippen molar-refractivity contribution in [2.45, 2.75) is 25.8 Å². The molecular formula is C12H15FN2S. The van der Waals surface area contributed by atoms with Gasteiger partial charge >= 0.3 is 0 Å². The summed E-state index contributed by atoms with van der Waals surface area (Å²) in [6, 6.07) is 5.66. The number of rotatable bonds is 4. The molecule has 0 aliphatic heterocycles. The molecule has 1 aromatic rings. The van der Waals surface area contributed by atoms with Gasteiger partial charge in [0, 0.05) is 23.8 Å². The Hall–Kier alpha value is -1.16. The largest absolute Gasteiger partial charge is 0.389 e. The van der Waals surface area contributed by atoms with Crippen LogP contribution < -0.4 is 10.6 Å². The summed E-state index contributed by atoms with van der Waals surface area (Å²) in [5, 5.41) is 0. The molecule has 2 N–H and O–H groups in total. The molecule has 2 rings (SSSR count). The molecule has 86 valence electrons. The lowest BCUT2D eigenvalue weighted by Crippen LogP contribution is -2.25. The topological polar surface area (TPSA) is 29.3 Å². The summed E-state index contributed by atoms with van der Waals surface area (Å²) in [5.74, 6) is -0.330. The van der Waals surface area contributed by atoms with Crippen molar-refractivity contribution in [3.05, 3.63) is 29.6 Å². The van der Waals surface area contributed by atoms with Gasteiger partial charge in [0.15, 0.2) is 0 Å². The third-order valence-corrected chi connectivity index (χ3v) is 3.10. The van der Waals surface area contributed by atoms with Crippen molar-refractivity contribution < 1.29 is 4.39 Å². The summed E-state index contributed by atoms with van der Waals surface area (Å²) in [6.07, 6.45) is 2.40. The van der Waals surface area contributed by atoms with Crippen LogP contribution in [0.15, 0.2) is 18.2 Å². The molecule has 1 aliphatic rings. The molecule has 1 aliphatic carbocycles. The lowest BCUT2D eigenvalue weighted by Gasteiger charge is -2.23. The zero-order valence-electron chi connectivity index (χ0n) is 9.24. The number of anilines is 1. The highest BCUT2D eigenvalue weighted by atomic mass is 32.1. The van der Waals surface area contributed by atoms with Crippen molar-refractivity contribution in [3.8, 4) is 0 Å². The van der Waals surface area contributed by atoms with Gasteiger partial charge in [-0.3, -0.25) is 0 Å². The van der Waals surface area contributed by atoms with Gasteiger partial charge in [-0.05, 0) is 38.0 Å². The van der Waals surface area contributed by atoms with E-state index in [0.717, 1.165) is 12.2 Å². The van der Waals surface area contributed by atoms with E-state index in [1.807, 2.05) is 6.07 Å². The smallest absolute Gasteiger partial charge is 0.135 e. The minimum absolute atomic E-state index is 0.110. The molecule has 4 heteroatoms. The van der Waals surface area contributed by atoms with Crippen molar-refractivity contribution in [2.75, 3.05) is 11.4 Å². The zero-order chi connectivity index (χ0) is 11.7. The maximum absolute atomic E-state index is 13.7. The van der Waals surface area contributed by atoms with E-state index in [0.29, 0.717) is 11.6 Å². The maximum atomic E-state index is 13.7. The Balaban J connectivity index is 2.28. The number of nitrogens with zero attached hydrogens (tertiary/aromatic N) is 1. The predicted octanol–water partition coefficient (Wildman–Crippen LogP) is 2.45. The maximum Gasteiger partial charge on any atom is 0.135 e. The van der Waals surface area contributed by atoms with Crippen LogP contribution >= 0.6 is 12.2 Å². The average molecular weight is 238 g/mol. The Kier molecular flexibility index (Phi) is 3.10. The quantitative estimate of drug-likeness (QED) is 0.817. The van der Waals surface area contributed by atoms with E-state index in [4.69, 9.17) is 18.0 Å². The van der Waals surface area contributed by atoms with Gasteiger partial charge in [0.05, 0.1) is 0 Å². The highest BCUT2D eigenvalue weighted by Gasteiger charge is 2.28. The van der Waals surface area contributed by atoms with Crippen LogP contribution in [0.3, 0.4) is 0 Å². The normalized spacial score (nSPS) is 14.9. The number of nitrogens with two attached hydrogens (primary N) is 1. The molecule has 2 nitrogen and oxygen atoms in total. The summed E-state index contributed by atoms with van der Waals surface area (Å²) in [4.78, 5) is 2.32. The second kappa shape index (κ2) is 4.37. The van der Waals surface area contributed by atoms with E-state index in [9.17, 15) is 4.39 Å². The van der Waals surface area contributed by atoms with Crippen LogP contribution in [0.25, 0.3) is 0 Å². The first kappa shape index (κ1) is 11.3. The van der Waals surface area contributed by atoms with Crippen molar-refractivity contribution in [1.82, 2.24) is 0 Å². The summed E-state index contributed by atoms with van der Waals surface area (Å²) < 4.78 is 13.7. The van der Waals surface area contributed by atoms with Gasteiger partial charge in [-0.2, -0.15) is 0 Å². The molecule has 0 heterocycles. The molecule has 0 bridgehead atoms. The van der Waals surface area contributed by atoms with Gasteiger partial charge in [-0.15, -0.1) is 0 Å². The second-order valence-electron chi connectivity index (χ2n) is 4.05. The monoisotopic (exact) mass is 238 g/mol. The SMILES string of the molecule is CCN(c1ccc(C(N)=S)c(F)c1)C1CC1. The van der Waals surface area contributed by atoms with E-state index in [1.54, 1.807) is 6.07 Å². The molecule has 0 atom stereocenters. The van der Waals surface area contributed by atoms with Crippen LogP contribution in [0.2, 0.25) is 0 Å². The second-order valence-corrected chi connectivity index (χ2v) is 4.49. The molecule has 1 fully saturated rings. The van der Waals surface area contributed by atoms with Crippen molar-refractivity contribution in [3.63, 3.8) is 0 Å². The van der Waals surface area contributed by atoms with Gasteiger partial charge in [0.1, 0.15) is 10.8 Å². The van der Waals surface area contributed by atoms with Crippen molar-refractivity contribution >= 4 is 22.9 Å². The van der Waals surface area contributed by atoms with E-state index in [1.165, 1.54) is 18.9 Å². The van der Waals surface area contributed by atoms with Crippen LogP contribution in [0.1, 0.15) is 25.3 Å². The highest BCUT2D eigenvalue weighted by Crippen LogP contribution is 2.32. The molecular weight excluding hydrogens is 223 g/mol. The minimum Gasteiger partial charge on any atom is -0.389 e. The lowest BCUT2D eigenvalue weighted by molar-refractivity contribution is 0.624. The fourth-order valence-corrected chi connectivity index (χ4v) is 2.09. The number of hydrogen-bond donors (Lipinski definition) is 1. The molecule has 0 amide bonds.